The first-order chi connectivity index (χ1) is 11.4. The lowest BCUT2D eigenvalue weighted by atomic mass is 10.1. The summed E-state index contributed by atoms with van der Waals surface area (Å²) in [7, 11) is 1.87. The Balaban J connectivity index is 0.00000312. The Hall–Kier alpha value is -1.78. The molecule has 1 heterocycles. The van der Waals surface area contributed by atoms with Crippen LogP contribution in [0.25, 0.3) is 0 Å². The fourth-order valence-corrected chi connectivity index (χ4v) is 2.19. The lowest BCUT2D eigenvalue weighted by molar-refractivity contribution is 0.550. The van der Waals surface area contributed by atoms with Gasteiger partial charge < -0.3 is 15.2 Å². The van der Waals surface area contributed by atoms with E-state index in [1.54, 1.807) is 6.92 Å². The van der Waals surface area contributed by atoms with Gasteiger partial charge in [0.05, 0.1) is 6.04 Å². The fraction of sp³-hybridized carbons (Fsp3) is 0.438. The Kier molecular flexibility index (Phi) is 8.20. The summed E-state index contributed by atoms with van der Waals surface area (Å²) in [6, 6.07) is 3.17. The predicted molar refractivity (Wildman–Crippen MR) is 104 cm³/mol. The van der Waals surface area contributed by atoms with Crippen LogP contribution >= 0.6 is 24.0 Å². The summed E-state index contributed by atoms with van der Waals surface area (Å²) in [4.78, 5) is 4.45. The molecular formula is C16H23F2IN6. The predicted octanol–water partition coefficient (Wildman–Crippen LogP) is 2.84. The van der Waals surface area contributed by atoms with E-state index in [4.69, 9.17) is 0 Å². The van der Waals surface area contributed by atoms with Crippen molar-refractivity contribution in [3.05, 3.63) is 47.0 Å². The average molecular weight is 464 g/mol. The van der Waals surface area contributed by atoms with Crippen LogP contribution in [-0.4, -0.2) is 27.3 Å². The van der Waals surface area contributed by atoms with Crippen molar-refractivity contribution in [2.45, 2.75) is 33.4 Å². The van der Waals surface area contributed by atoms with Crippen LogP contribution in [0.15, 0.2) is 23.2 Å². The minimum Gasteiger partial charge on any atom is -0.357 e. The van der Waals surface area contributed by atoms with Gasteiger partial charge in [0.25, 0.3) is 0 Å². The first-order valence-corrected chi connectivity index (χ1v) is 7.77. The molecule has 1 unspecified atom stereocenters. The number of rotatable bonds is 5. The largest absolute Gasteiger partial charge is 0.357 e. The third-order valence-electron chi connectivity index (χ3n) is 3.69. The molecule has 1 aromatic heterocycles. The molecule has 0 spiro atoms. The van der Waals surface area contributed by atoms with Gasteiger partial charge in [0.1, 0.15) is 24.0 Å². The lowest BCUT2D eigenvalue weighted by Gasteiger charge is -2.18. The van der Waals surface area contributed by atoms with Gasteiger partial charge in [0.15, 0.2) is 11.8 Å². The third kappa shape index (κ3) is 5.62. The summed E-state index contributed by atoms with van der Waals surface area (Å²) in [6.07, 6.45) is 0. The van der Waals surface area contributed by atoms with Crippen molar-refractivity contribution in [1.82, 2.24) is 25.4 Å². The smallest absolute Gasteiger partial charge is 0.192 e. The maximum absolute atomic E-state index is 13.9. The number of hydrogen-bond acceptors (Lipinski definition) is 3. The quantitative estimate of drug-likeness (QED) is 0.406. The Bertz CT molecular complexity index is 731. The Morgan fingerprint density at radius 3 is 2.60 bits per heavy atom. The highest BCUT2D eigenvalue weighted by atomic mass is 127. The number of halogens is 3. The SMILES string of the molecule is CCNC(=NCc1nnc(C)n1C)NC(C)c1ccc(F)cc1F.I. The van der Waals surface area contributed by atoms with E-state index in [1.807, 2.05) is 25.5 Å². The minimum absolute atomic E-state index is 0. The Morgan fingerprint density at radius 2 is 2.04 bits per heavy atom. The molecule has 0 saturated heterocycles. The van der Waals surface area contributed by atoms with E-state index in [9.17, 15) is 8.78 Å². The molecule has 0 aliphatic carbocycles. The van der Waals surface area contributed by atoms with Crippen LogP contribution in [0, 0.1) is 18.6 Å². The fourth-order valence-electron chi connectivity index (χ4n) is 2.19. The highest BCUT2D eigenvalue weighted by Crippen LogP contribution is 2.17. The molecule has 0 aliphatic heterocycles. The van der Waals surface area contributed by atoms with E-state index in [1.165, 1.54) is 12.1 Å². The zero-order valence-corrected chi connectivity index (χ0v) is 17.0. The van der Waals surface area contributed by atoms with E-state index in [-0.39, 0.29) is 30.0 Å². The van der Waals surface area contributed by atoms with Crippen LogP contribution in [0.5, 0.6) is 0 Å². The second kappa shape index (κ2) is 9.64. The molecule has 25 heavy (non-hydrogen) atoms. The number of guanidine groups is 1. The number of aliphatic imine (C=N–C) groups is 1. The molecule has 2 rings (SSSR count). The molecule has 2 N–H and O–H groups in total. The van der Waals surface area contributed by atoms with E-state index in [0.29, 0.717) is 24.6 Å². The van der Waals surface area contributed by atoms with Crippen LogP contribution in [0.2, 0.25) is 0 Å². The molecule has 0 saturated carbocycles. The molecular weight excluding hydrogens is 441 g/mol. The number of hydrogen-bond donors (Lipinski definition) is 2. The van der Waals surface area contributed by atoms with Gasteiger partial charge in [0.2, 0.25) is 0 Å². The second-order valence-corrected chi connectivity index (χ2v) is 5.45. The number of benzene rings is 1. The van der Waals surface area contributed by atoms with Gasteiger partial charge in [-0.25, -0.2) is 13.8 Å². The molecule has 0 aliphatic rings. The van der Waals surface area contributed by atoms with Crippen molar-refractivity contribution >= 4 is 29.9 Å². The maximum atomic E-state index is 13.9. The van der Waals surface area contributed by atoms with Gasteiger partial charge in [0, 0.05) is 25.2 Å². The summed E-state index contributed by atoms with van der Waals surface area (Å²) in [6.45, 7) is 6.58. The second-order valence-electron chi connectivity index (χ2n) is 5.45. The highest BCUT2D eigenvalue weighted by Gasteiger charge is 2.13. The Morgan fingerprint density at radius 1 is 1.32 bits per heavy atom. The molecule has 0 fully saturated rings. The van der Waals surface area contributed by atoms with E-state index >= 15 is 0 Å². The van der Waals surface area contributed by atoms with Crippen molar-refractivity contribution in [3.63, 3.8) is 0 Å². The minimum atomic E-state index is -0.596. The molecule has 9 heteroatoms. The van der Waals surface area contributed by atoms with E-state index in [0.717, 1.165) is 17.7 Å². The topological polar surface area (TPSA) is 67.1 Å². The van der Waals surface area contributed by atoms with Crippen LogP contribution < -0.4 is 10.6 Å². The summed E-state index contributed by atoms with van der Waals surface area (Å²) in [5.74, 6) is 0.871. The normalized spacial score (nSPS) is 12.5. The van der Waals surface area contributed by atoms with Crippen molar-refractivity contribution in [3.8, 4) is 0 Å². The summed E-state index contributed by atoms with van der Waals surface area (Å²) < 4.78 is 28.8. The molecule has 2 aromatic rings. The molecule has 0 bridgehead atoms. The molecule has 1 atom stereocenters. The van der Waals surface area contributed by atoms with Crippen LogP contribution in [0.4, 0.5) is 8.78 Å². The van der Waals surface area contributed by atoms with Crippen LogP contribution in [-0.2, 0) is 13.6 Å². The average Bonchev–Trinajstić information content (AvgIpc) is 2.84. The molecule has 6 nitrogen and oxygen atoms in total. The van der Waals surface area contributed by atoms with E-state index in [2.05, 4.69) is 25.8 Å². The van der Waals surface area contributed by atoms with Gasteiger partial charge in [-0.05, 0) is 26.8 Å². The molecule has 0 radical (unpaired) electrons. The maximum Gasteiger partial charge on any atom is 0.192 e. The van der Waals surface area contributed by atoms with E-state index < -0.39 is 11.6 Å². The van der Waals surface area contributed by atoms with Crippen LogP contribution in [0.3, 0.4) is 0 Å². The van der Waals surface area contributed by atoms with Crippen molar-refractivity contribution < 1.29 is 8.78 Å². The van der Waals surface area contributed by atoms with Gasteiger partial charge in [-0.1, -0.05) is 6.07 Å². The third-order valence-corrected chi connectivity index (χ3v) is 3.69. The lowest BCUT2D eigenvalue weighted by Crippen LogP contribution is -2.39. The molecule has 0 amide bonds. The number of aromatic nitrogens is 3. The standard InChI is InChI=1S/C16H22F2N6.HI/c1-5-19-16(20-9-15-23-22-11(3)24(15)4)21-10(2)13-7-6-12(17)8-14(13)18;/h6-8,10H,5,9H2,1-4H3,(H2,19,20,21);1H. The zero-order chi connectivity index (χ0) is 17.7. The Labute approximate surface area is 163 Å². The van der Waals surface area contributed by atoms with Gasteiger partial charge in [-0.15, -0.1) is 34.2 Å². The van der Waals surface area contributed by atoms with Crippen molar-refractivity contribution in [2.75, 3.05) is 6.54 Å². The number of nitrogens with one attached hydrogen (secondary N) is 2. The summed E-state index contributed by atoms with van der Waals surface area (Å²) >= 11 is 0. The van der Waals surface area contributed by atoms with Crippen LogP contribution in [0.1, 0.15) is 37.1 Å². The van der Waals surface area contributed by atoms with Crippen molar-refractivity contribution in [2.24, 2.45) is 12.0 Å². The highest BCUT2D eigenvalue weighted by molar-refractivity contribution is 14.0. The number of nitrogens with zero attached hydrogens (tertiary/aromatic N) is 4. The monoisotopic (exact) mass is 464 g/mol. The summed E-state index contributed by atoms with van der Waals surface area (Å²) in [5, 5.41) is 14.2. The first kappa shape index (κ1) is 21.3. The molecule has 1 aromatic carbocycles. The van der Waals surface area contributed by atoms with Crippen molar-refractivity contribution in [1.29, 1.82) is 0 Å². The number of aryl methyl sites for hydroxylation is 1. The zero-order valence-electron chi connectivity index (χ0n) is 14.7. The summed E-state index contributed by atoms with van der Waals surface area (Å²) in [5.41, 5.74) is 0.372. The van der Waals surface area contributed by atoms with Gasteiger partial charge in [-0.2, -0.15) is 0 Å². The van der Waals surface area contributed by atoms with Gasteiger partial charge in [-0.3, -0.25) is 0 Å². The first-order valence-electron chi connectivity index (χ1n) is 7.77. The van der Waals surface area contributed by atoms with Gasteiger partial charge >= 0.3 is 0 Å². The molecule has 138 valence electrons.